The van der Waals surface area contributed by atoms with Gasteiger partial charge < -0.3 is 10.5 Å². The summed E-state index contributed by atoms with van der Waals surface area (Å²) in [4.78, 5) is 4.28. The molecule has 1 unspecified atom stereocenters. The Morgan fingerprint density at radius 3 is 2.61 bits per heavy atom. The average molecular weight is 242 g/mol. The molecule has 0 spiro atoms. The van der Waals surface area contributed by atoms with Crippen LogP contribution in [0.15, 0.2) is 36.5 Å². The molecule has 2 aromatic rings. The van der Waals surface area contributed by atoms with Gasteiger partial charge in [0.25, 0.3) is 0 Å². The van der Waals surface area contributed by atoms with Crippen molar-refractivity contribution in [1.82, 2.24) is 4.98 Å². The van der Waals surface area contributed by atoms with E-state index in [1.54, 1.807) is 13.3 Å². The number of ether oxygens (including phenoxy) is 1. The van der Waals surface area contributed by atoms with E-state index < -0.39 is 0 Å². The van der Waals surface area contributed by atoms with E-state index in [9.17, 15) is 0 Å². The summed E-state index contributed by atoms with van der Waals surface area (Å²) in [7, 11) is 1.66. The lowest BCUT2D eigenvalue weighted by Crippen LogP contribution is -2.15. The van der Waals surface area contributed by atoms with E-state index in [-0.39, 0.29) is 6.04 Å². The molecule has 1 atom stereocenters. The fourth-order valence-corrected chi connectivity index (χ4v) is 2.09. The van der Waals surface area contributed by atoms with Crippen molar-refractivity contribution in [3.05, 3.63) is 58.9 Å². The smallest absolute Gasteiger partial charge is 0.123 e. The van der Waals surface area contributed by atoms with Gasteiger partial charge >= 0.3 is 0 Å². The molecule has 0 aliphatic carbocycles. The molecule has 0 aliphatic heterocycles. The lowest BCUT2D eigenvalue weighted by Gasteiger charge is -2.18. The van der Waals surface area contributed by atoms with Gasteiger partial charge in [-0.05, 0) is 31.5 Å². The fraction of sp³-hybridized carbons (Fsp3) is 0.267. The number of nitrogens with zero attached hydrogens (tertiary/aromatic N) is 1. The molecule has 0 radical (unpaired) electrons. The number of methoxy groups -OCH3 is 1. The van der Waals surface area contributed by atoms with E-state index in [2.05, 4.69) is 11.1 Å². The predicted molar refractivity (Wildman–Crippen MR) is 72.7 cm³/mol. The van der Waals surface area contributed by atoms with Gasteiger partial charge in [-0.3, -0.25) is 4.98 Å². The molecule has 18 heavy (non-hydrogen) atoms. The Labute approximate surface area is 108 Å². The minimum absolute atomic E-state index is 0.214. The van der Waals surface area contributed by atoms with E-state index in [0.717, 1.165) is 22.6 Å². The second-order valence-corrected chi connectivity index (χ2v) is 4.40. The van der Waals surface area contributed by atoms with E-state index in [0.29, 0.717) is 0 Å². The first kappa shape index (κ1) is 12.6. The lowest BCUT2D eigenvalue weighted by molar-refractivity contribution is 0.407. The van der Waals surface area contributed by atoms with E-state index in [4.69, 9.17) is 10.5 Å². The Morgan fingerprint density at radius 2 is 1.94 bits per heavy atom. The normalized spacial score (nSPS) is 12.2. The highest BCUT2D eigenvalue weighted by Gasteiger charge is 2.16. The summed E-state index contributed by atoms with van der Waals surface area (Å²) < 4.78 is 5.38. The van der Waals surface area contributed by atoms with E-state index in [1.807, 2.05) is 38.1 Å². The summed E-state index contributed by atoms with van der Waals surface area (Å²) in [5, 5.41) is 0. The molecule has 0 saturated carbocycles. The van der Waals surface area contributed by atoms with Crippen molar-refractivity contribution >= 4 is 0 Å². The second-order valence-electron chi connectivity index (χ2n) is 4.40. The maximum Gasteiger partial charge on any atom is 0.123 e. The monoisotopic (exact) mass is 242 g/mol. The first-order valence-corrected chi connectivity index (χ1v) is 5.95. The molecule has 2 N–H and O–H groups in total. The Balaban J connectivity index is 2.48. The van der Waals surface area contributed by atoms with Crippen molar-refractivity contribution < 1.29 is 4.74 Å². The molecule has 0 saturated heterocycles. The van der Waals surface area contributed by atoms with Crippen molar-refractivity contribution in [2.75, 3.05) is 7.11 Å². The summed E-state index contributed by atoms with van der Waals surface area (Å²) in [5.41, 5.74) is 10.5. The van der Waals surface area contributed by atoms with Gasteiger partial charge in [0.2, 0.25) is 0 Å². The van der Waals surface area contributed by atoms with Gasteiger partial charge in [-0.25, -0.2) is 0 Å². The minimum Gasteiger partial charge on any atom is -0.496 e. The van der Waals surface area contributed by atoms with Crippen LogP contribution in [0, 0.1) is 13.8 Å². The molecule has 1 aromatic heterocycles. The molecule has 1 aromatic carbocycles. The van der Waals surface area contributed by atoms with Crippen LogP contribution in [0.25, 0.3) is 0 Å². The van der Waals surface area contributed by atoms with Gasteiger partial charge in [0.05, 0.1) is 13.2 Å². The van der Waals surface area contributed by atoms with Crippen LogP contribution in [0.4, 0.5) is 0 Å². The maximum atomic E-state index is 6.34. The third-order valence-electron chi connectivity index (χ3n) is 3.10. The zero-order valence-electron chi connectivity index (χ0n) is 11.0. The topological polar surface area (TPSA) is 48.1 Å². The molecule has 94 valence electrons. The predicted octanol–water partition coefficient (Wildman–Crippen LogP) is 2.76. The number of rotatable bonds is 3. The third-order valence-corrected chi connectivity index (χ3v) is 3.10. The molecule has 1 heterocycles. The third kappa shape index (κ3) is 2.36. The molecule has 2 rings (SSSR count). The average Bonchev–Trinajstić information content (AvgIpc) is 2.38. The number of aryl methyl sites for hydroxylation is 2. The zero-order chi connectivity index (χ0) is 13.1. The van der Waals surface area contributed by atoms with Gasteiger partial charge in [-0.1, -0.05) is 23.8 Å². The summed E-state index contributed by atoms with van der Waals surface area (Å²) in [5.74, 6) is 0.816. The Hall–Kier alpha value is -1.87. The summed E-state index contributed by atoms with van der Waals surface area (Å²) in [6.07, 6.45) is 1.78. The largest absolute Gasteiger partial charge is 0.496 e. The van der Waals surface area contributed by atoms with Gasteiger partial charge in [0.15, 0.2) is 0 Å². The number of nitrogens with two attached hydrogens (primary N) is 1. The van der Waals surface area contributed by atoms with Crippen molar-refractivity contribution in [3.8, 4) is 5.75 Å². The van der Waals surface area contributed by atoms with Crippen molar-refractivity contribution in [2.45, 2.75) is 19.9 Å². The molecule has 3 heteroatoms. The van der Waals surface area contributed by atoms with Gasteiger partial charge in [-0.15, -0.1) is 0 Å². The second kappa shape index (κ2) is 5.19. The standard InChI is InChI=1S/C15H18N2O/c1-10-6-7-14(18-3)13(9-10)15(16)12-5-4-8-17-11(12)2/h4-9,15H,16H2,1-3H3. The van der Waals surface area contributed by atoms with Crippen LogP contribution in [0.2, 0.25) is 0 Å². The summed E-state index contributed by atoms with van der Waals surface area (Å²) in [6.45, 7) is 4.02. The van der Waals surface area contributed by atoms with Crippen LogP contribution in [0.5, 0.6) is 5.75 Å². The van der Waals surface area contributed by atoms with Crippen molar-refractivity contribution in [2.24, 2.45) is 5.73 Å². The van der Waals surface area contributed by atoms with Crippen molar-refractivity contribution in [1.29, 1.82) is 0 Å². The highest BCUT2D eigenvalue weighted by Crippen LogP contribution is 2.29. The highest BCUT2D eigenvalue weighted by atomic mass is 16.5. The van der Waals surface area contributed by atoms with Gasteiger partial charge in [0.1, 0.15) is 5.75 Å². The number of benzene rings is 1. The summed E-state index contributed by atoms with van der Waals surface area (Å²) >= 11 is 0. The molecule has 0 aliphatic rings. The van der Waals surface area contributed by atoms with Crippen LogP contribution in [0.1, 0.15) is 28.4 Å². The number of pyridine rings is 1. The molecule has 0 amide bonds. The summed E-state index contributed by atoms with van der Waals surface area (Å²) in [6, 6.07) is 9.74. The molecule has 3 nitrogen and oxygen atoms in total. The zero-order valence-corrected chi connectivity index (χ0v) is 11.0. The maximum absolute atomic E-state index is 6.34. The number of hydrogen-bond donors (Lipinski definition) is 1. The van der Waals surface area contributed by atoms with Gasteiger partial charge in [-0.2, -0.15) is 0 Å². The molecular formula is C15H18N2O. The molecule has 0 fully saturated rings. The minimum atomic E-state index is -0.214. The van der Waals surface area contributed by atoms with Crippen LogP contribution in [-0.4, -0.2) is 12.1 Å². The first-order valence-electron chi connectivity index (χ1n) is 5.95. The Morgan fingerprint density at radius 1 is 1.17 bits per heavy atom. The van der Waals surface area contributed by atoms with E-state index >= 15 is 0 Å². The Kier molecular flexibility index (Phi) is 3.63. The van der Waals surface area contributed by atoms with Crippen LogP contribution in [0.3, 0.4) is 0 Å². The van der Waals surface area contributed by atoms with Gasteiger partial charge in [0, 0.05) is 17.5 Å². The van der Waals surface area contributed by atoms with Crippen LogP contribution in [-0.2, 0) is 0 Å². The molecular weight excluding hydrogens is 224 g/mol. The highest BCUT2D eigenvalue weighted by molar-refractivity contribution is 5.44. The van der Waals surface area contributed by atoms with Crippen LogP contribution >= 0.6 is 0 Å². The Bertz CT molecular complexity index is 552. The first-order chi connectivity index (χ1) is 8.63. The lowest BCUT2D eigenvalue weighted by atomic mass is 9.96. The SMILES string of the molecule is COc1ccc(C)cc1C(N)c1cccnc1C. The number of aromatic nitrogens is 1. The number of hydrogen-bond acceptors (Lipinski definition) is 3. The van der Waals surface area contributed by atoms with Crippen molar-refractivity contribution in [3.63, 3.8) is 0 Å². The van der Waals surface area contributed by atoms with Crippen LogP contribution < -0.4 is 10.5 Å². The molecule has 0 bridgehead atoms. The van der Waals surface area contributed by atoms with E-state index in [1.165, 1.54) is 5.56 Å². The quantitative estimate of drug-likeness (QED) is 0.900. The fourth-order valence-electron chi connectivity index (χ4n) is 2.09.